The van der Waals surface area contributed by atoms with E-state index in [2.05, 4.69) is 12.0 Å². The fourth-order valence-corrected chi connectivity index (χ4v) is 2.97. The molecule has 0 unspecified atom stereocenters. The third-order valence-electron chi connectivity index (χ3n) is 2.85. The summed E-state index contributed by atoms with van der Waals surface area (Å²) in [5.74, 6) is -0.441. The van der Waals surface area contributed by atoms with Crippen molar-refractivity contribution in [2.24, 2.45) is 7.05 Å². The summed E-state index contributed by atoms with van der Waals surface area (Å²) in [5, 5.41) is 13.3. The van der Waals surface area contributed by atoms with Crippen LogP contribution in [0.4, 0.5) is 0 Å². The SMILES string of the molecule is CCCc1cc(OCCc2cnn(C)c2)c(C(=O)O)s1. The van der Waals surface area contributed by atoms with Crippen LogP contribution in [0.15, 0.2) is 18.5 Å². The van der Waals surface area contributed by atoms with Gasteiger partial charge in [0.15, 0.2) is 4.88 Å². The molecule has 6 heteroatoms. The molecule has 2 heterocycles. The van der Waals surface area contributed by atoms with Crippen LogP contribution in [0.2, 0.25) is 0 Å². The van der Waals surface area contributed by atoms with Gasteiger partial charge in [0.2, 0.25) is 0 Å². The van der Waals surface area contributed by atoms with Crippen molar-refractivity contribution in [1.29, 1.82) is 0 Å². The number of carboxylic acid groups (broad SMARTS) is 1. The Kier molecular flexibility index (Phi) is 4.79. The Balaban J connectivity index is 1.98. The van der Waals surface area contributed by atoms with Gasteiger partial charge >= 0.3 is 5.97 Å². The topological polar surface area (TPSA) is 64.4 Å². The molecule has 0 bridgehead atoms. The van der Waals surface area contributed by atoms with Gasteiger partial charge in [-0.15, -0.1) is 11.3 Å². The molecule has 5 nitrogen and oxygen atoms in total. The molecule has 2 rings (SSSR count). The van der Waals surface area contributed by atoms with E-state index < -0.39 is 5.97 Å². The third kappa shape index (κ3) is 3.60. The van der Waals surface area contributed by atoms with Gasteiger partial charge in [0, 0.05) is 24.5 Å². The predicted octanol–water partition coefficient (Wildman–Crippen LogP) is 2.75. The maximum atomic E-state index is 11.2. The summed E-state index contributed by atoms with van der Waals surface area (Å²) in [6, 6.07) is 1.85. The number of carboxylic acids is 1. The minimum absolute atomic E-state index is 0.291. The molecule has 0 fully saturated rings. The fraction of sp³-hybridized carbons (Fsp3) is 0.429. The second kappa shape index (κ2) is 6.56. The van der Waals surface area contributed by atoms with Crippen LogP contribution in [0.1, 0.15) is 33.5 Å². The van der Waals surface area contributed by atoms with Crippen LogP contribution in [0.5, 0.6) is 5.75 Å². The number of ether oxygens (including phenoxy) is 1. The number of hydrogen-bond donors (Lipinski definition) is 1. The molecule has 20 heavy (non-hydrogen) atoms. The smallest absolute Gasteiger partial charge is 0.349 e. The Hall–Kier alpha value is -1.82. The molecular weight excluding hydrogens is 276 g/mol. The number of carbonyl (C=O) groups is 1. The van der Waals surface area contributed by atoms with Crippen molar-refractivity contribution >= 4 is 17.3 Å². The largest absolute Gasteiger partial charge is 0.491 e. The number of thiophene rings is 1. The molecule has 2 aromatic heterocycles. The Morgan fingerprint density at radius 3 is 2.90 bits per heavy atom. The second-order valence-corrected chi connectivity index (χ2v) is 5.72. The monoisotopic (exact) mass is 294 g/mol. The van der Waals surface area contributed by atoms with Gasteiger partial charge in [0.05, 0.1) is 12.8 Å². The van der Waals surface area contributed by atoms with E-state index in [1.54, 1.807) is 10.9 Å². The molecular formula is C14H18N2O3S. The Labute approximate surface area is 121 Å². The zero-order valence-corrected chi connectivity index (χ0v) is 12.4. The number of aromatic nitrogens is 2. The number of hydrogen-bond acceptors (Lipinski definition) is 4. The van der Waals surface area contributed by atoms with E-state index in [-0.39, 0.29) is 0 Å². The molecule has 1 N–H and O–H groups in total. The van der Waals surface area contributed by atoms with Crippen LogP contribution in [0, 0.1) is 0 Å². The summed E-state index contributed by atoms with van der Waals surface area (Å²) in [6.45, 7) is 2.53. The first-order valence-electron chi connectivity index (χ1n) is 6.56. The zero-order chi connectivity index (χ0) is 14.5. The maximum Gasteiger partial charge on any atom is 0.349 e. The van der Waals surface area contributed by atoms with Crippen LogP contribution in [-0.4, -0.2) is 27.5 Å². The highest BCUT2D eigenvalue weighted by Gasteiger charge is 2.16. The lowest BCUT2D eigenvalue weighted by atomic mass is 10.2. The highest BCUT2D eigenvalue weighted by Crippen LogP contribution is 2.30. The summed E-state index contributed by atoms with van der Waals surface area (Å²) in [4.78, 5) is 12.5. The second-order valence-electron chi connectivity index (χ2n) is 4.58. The van der Waals surface area contributed by atoms with Gasteiger partial charge in [-0.1, -0.05) is 13.3 Å². The molecule has 0 aliphatic rings. The van der Waals surface area contributed by atoms with Crippen LogP contribution in [-0.2, 0) is 19.9 Å². The lowest BCUT2D eigenvalue weighted by Crippen LogP contribution is -2.03. The molecule has 108 valence electrons. The molecule has 0 aliphatic heterocycles. The molecule has 0 atom stereocenters. The summed E-state index contributed by atoms with van der Waals surface area (Å²) < 4.78 is 7.37. The van der Waals surface area contributed by atoms with Gasteiger partial charge in [0.25, 0.3) is 0 Å². The highest BCUT2D eigenvalue weighted by atomic mass is 32.1. The Bertz CT molecular complexity index is 589. The zero-order valence-electron chi connectivity index (χ0n) is 11.6. The fourth-order valence-electron chi connectivity index (χ4n) is 1.93. The van der Waals surface area contributed by atoms with Crippen molar-refractivity contribution < 1.29 is 14.6 Å². The summed E-state index contributed by atoms with van der Waals surface area (Å²) in [5.41, 5.74) is 1.08. The van der Waals surface area contributed by atoms with Crippen molar-refractivity contribution in [3.8, 4) is 5.75 Å². The predicted molar refractivity (Wildman–Crippen MR) is 77.7 cm³/mol. The third-order valence-corrected chi connectivity index (χ3v) is 4.01. The van der Waals surface area contributed by atoms with Gasteiger partial charge in [-0.05, 0) is 18.1 Å². The molecule has 0 saturated carbocycles. The van der Waals surface area contributed by atoms with Gasteiger partial charge < -0.3 is 9.84 Å². The van der Waals surface area contributed by atoms with Crippen LogP contribution >= 0.6 is 11.3 Å². The molecule has 0 spiro atoms. The standard InChI is InChI=1S/C14H18N2O3S/c1-3-4-11-7-12(13(20-11)14(17)18)19-6-5-10-8-15-16(2)9-10/h7-9H,3-6H2,1-2H3,(H,17,18). The minimum Gasteiger partial charge on any atom is -0.491 e. The first-order valence-corrected chi connectivity index (χ1v) is 7.38. The normalized spacial score (nSPS) is 10.7. The van der Waals surface area contributed by atoms with E-state index in [9.17, 15) is 9.90 Å². The molecule has 0 saturated heterocycles. The van der Waals surface area contributed by atoms with Crippen molar-refractivity contribution in [3.63, 3.8) is 0 Å². The average molecular weight is 294 g/mol. The van der Waals surface area contributed by atoms with Gasteiger partial charge in [-0.2, -0.15) is 5.10 Å². The number of rotatable bonds is 7. The van der Waals surface area contributed by atoms with Crippen molar-refractivity contribution in [2.45, 2.75) is 26.2 Å². The summed E-state index contributed by atoms with van der Waals surface area (Å²) in [6.07, 6.45) is 6.31. The van der Waals surface area contributed by atoms with Crippen molar-refractivity contribution in [3.05, 3.63) is 33.8 Å². The number of aryl methyl sites for hydroxylation is 2. The van der Waals surface area contributed by atoms with E-state index >= 15 is 0 Å². The Morgan fingerprint density at radius 1 is 1.50 bits per heavy atom. The molecule has 0 radical (unpaired) electrons. The molecule has 0 aliphatic carbocycles. The lowest BCUT2D eigenvalue weighted by molar-refractivity contribution is 0.0698. The minimum atomic E-state index is -0.922. The van der Waals surface area contributed by atoms with Crippen LogP contribution in [0.25, 0.3) is 0 Å². The van der Waals surface area contributed by atoms with E-state index in [0.717, 1.165) is 23.3 Å². The van der Waals surface area contributed by atoms with Gasteiger partial charge in [0.1, 0.15) is 5.75 Å². The average Bonchev–Trinajstić information content (AvgIpc) is 2.97. The summed E-state index contributed by atoms with van der Waals surface area (Å²) >= 11 is 1.30. The van der Waals surface area contributed by atoms with E-state index in [1.165, 1.54) is 11.3 Å². The first kappa shape index (κ1) is 14.6. The first-order chi connectivity index (χ1) is 9.60. The number of aromatic carboxylic acids is 1. The van der Waals surface area contributed by atoms with E-state index in [0.29, 0.717) is 23.7 Å². The Morgan fingerprint density at radius 2 is 2.30 bits per heavy atom. The quantitative estimate of drug-likeness (QED) is 0.853. The van der Waals surface area contributed by atoms with Crippen molar-refractivity contribution in [1.82, 2.24) is 9.78 Å². The van der Waals surface area contributed by atoms with Crippen LogP contribution < -0.4 is 4.74 Å². The molecule has 2 aromatic rings. The van der Waals surface area contributed by atoms with E-state index in [4.69, 9.17) is 4.74 Å². The summed E-state index contributed by atoms with van der Waals surface area (Å²) in [7, 11) is 1.86. The maximum absolute atomic E-state index is 11.2. The highest BCUT2D eigenvalue weighted by molar-refractivity contribution is 7.14. The molecule has 0 aromatic carbocycles. The number of nitrogens with zero attached hydrogens (tertiary/aromatic N) is 2. The van der Waals surface area contributed by atoms with Gasteiger partial charge in [-0.3, -0.25) is 4.68 Å². The van der Waals surface area contributed by atoms with Gasteiger partial charge in [-0.25, -0.2) is 4.79 Å². The molecule has 0 amide bonds. The van der Waals surface area contributed by atoms with Crippen LogP contribution in [0.3, 0.4) is 0 Å². The van der Waals surface area contributed by atoms with E-state index in [1.807, 2.05) is 19.3 Å². The lowest BCUT2D eigenvalue weighted by Gasteiger charge is -2.03. The van der Waals surface area contributed by atoms with Crippen molar-refractivity contribution in [2.75, 3.05) is 6.61 Å².